The minimum absolute atomic E-state index is 0.0169. The number of carboxylic acid groups (broad SMARTS) is 1. The first kappa shape index (κ1) is 20.2. The Hall–Kier alpha value is -3.68. The molecule has 32 heavy (non-hydrogen) atoms. The van der Waals surface area contributed by atoms with Crippen LogP contribution in [0.3, 0.4) is 0 Å². The number of nitrogens with zero attached hydrogens (tertiary/aromatic N) is 2. The Labute approximate surface area is 183 Å². The zero-order valence-corrected chi connectivity index (χ0v) is 17.4. The van der Waals surface area contributed by atoms with Crippen molar-refractivity contribution >= 4 is 5.97 Å². The zero-order chi connectivity index (χ0) is 22.2. The van der Waals surface area contributed by atoms with Gasteiger partial charge in [0.15, 0.2) is 0 Å². The van der Waals surface area contributed by atoms with Crippen LogP contribution in [0.2, 0.25) is 0 Å². The van der Waals surface area contributed by atoms with Crippen molar-refractivity contribution in [1.82, 2.24) is 9.97 Å². The first-order chi connectivity index (χ1) is 15.5. The van der Waals surface area contributed by atoms with Crippen LogP contribution in [-0.4, -0.2) is 27.7 Å². The molecule has 2 aliphatic rings. The Morgan fingerprint density at radius 3 is 2.97 bits per heavy atom. The SMILES string of the molecule is Cc1nccc(Oc2ccc(F)c3c2CC[C@H]3Oc2ccc3c(c2)OCC3CC(=O)O)n1. The molecule has 0 bridgehead atoms. The van der Waals surface area contributed by atoms with Gasteiger partial charge in [0, 0.05) is 40.9 Å². The van der Waals surface area contributed by atoms with E-state index in [0.717, 1.165) is 11.1 Å². The van der Waals surface area contributed by atoms with E-state index < -0.39 is 12.1 Å². The van der Waals surface area contributed by atoms with E-state index in [-0.39, 0.29) is 18.2 Å². The summed E-state index contributed by atoms with van der Waals surface area (Å²) in [5.41, 5.74) is 2.11. The molecule has 2 heterocycles. The molecule has 0 fully saturated rings. The number of fused-ring (bicyclic) bond motifs is 2. The minimum atomic E-state index is -0.861. The maximum absolute atomic E-state index is 14.8. The quantitative estimate of drug-likeness (QED) is 0.597. The van der Waals surface area contributed by atoms with Crippen molar-refractivity contribution in [2.45, 2.75) is 38.2 Å². The maximum Gasteiger partial charge on any atom is 0.304 e. The van der Waals surface area contributed by atoms with Crippen LogP contribution in [0.25, 0.3) is 0 Å². The Kier molecular flexibility index (Phi) is 5.13. The van der Waals surface area contributed by atoms with E-state index in [4.69, 9.17) is 19.3 Å². The van der Waals surface area contributed by atoms with Crippen molar-refractivity contribution in [2.24, 2.45) is 0 Å². The lowest BCUT2D eigenvalue weighted by molar-refractivity contribution is -0.137. The van der Waals surface area contributed by atoms with E-state index in [1.165, 1.54) is 6.07 Å². The molecule has 8 heteroatoms. The number of benzene rings is 2. The fraction of sp³-hybridized carbons (Fsp3) is 0.292. The number of aliphatic carboxylic acids is 1. The molecular formula is C24H21FN2O5. The highest BCUT2D eigenvalue weighted by molar-refractivity contribution is 5.68. The molecule has 5 rings (SSSR count). The van der Waals surface area contributed by atoms with Crippen LogP contribution >= 0.6 is 0 Å². The van der Waals surface area contributed by atoms with Crippen LogP contribution in [0.15, 0.2) is 42.6 Å². The van der Waals surface area contributed by atoms with Gasteiger partial charge in [-0.25, -0.2) is 9.37 Å². The largest absolute Gasteiger partial charge is 0.492 e. The molecule has 3 aromatic rings. The van der Waals surface area contributed by atoms with Gasteiger partial charge < -0.3 is 19.3 Å². The minimum Gasteiger partial charge on any atom is -0.492 e. The molecule has 1 N–H and O–H groups in total. The fourth-order valence-electron chi connectivity index (χ4n) is 4.33. The van der Waals surface area contributed by atoms with Gasteiger partial charge in [0.05, 0.1) is 13.0 Å². The second kappa shape index (κ2) is 8.11. The molecule has 0 spiro atoms. The first-order valence-corrected chi connectivity index (χ1v) is 10.4. The molecule has 2 aromatic carbocycles. The number of aromatic nitrogens is 2. The van der Waals surface area contributed by atoms with E-state index in [1.807, 2.05) is 6.07 Å². The third-order valence-electron chi connectivity index (χ3n) is 5.77. The normalized spacial score (nSPS) is 18.6. The summed E-state index contributed by atoms with van der Waals surface area (Å²) in [6.45, 7) is 2.10. The summed E-state index contributed by atoms with van der Waals surface area (Å²) in [6, 6.07) is 10.0. The highest BCUT2D eigenvalue weighted by Crippen LogP contribution is 2.44. The number of halogens is 1. The van der Waals surface area contributed by atoms with Gasteiger partial charge in [-0.15, -0.1) is 0 Å². The van der Waals surface area contributed by atoms with Gasteiger partial charge in [0.25, 0.3) is 0 Å². The molecule has 0 saturated carbocycles. The Bertz CT molecular complexity index is 1200. The lowest BCUT2D eigenvalue weighted by Crippen LogP contribution is -2.07. The number of ether oxygens (including phenoxy) is 3. The van der Waals surface area contributed by atoms with Crippen molar-refractivity contribution in [3.8, 4) is 23.1 Å². The van der Waals surface area contributed by atoms with Gasteiger partial charge in [-0.1, -0.05) is 6.07 Å². The predicted octanol–water partition coefficient (Wildman–Crippen LogP) is 4.73. The second-order valence-electron chi connectivity index (χ2n) is 7.93. The molecule has 1 aromatic heterocycles. The van der Waals surface area contributed by atoms with E-state index in [0.29, 0.717) is 54.0 Å². The van der Waals surface area contributed by atoms with Gasteiger partial charge in [-0.05, 0) is 38.0 Å². The van der Waals surface area contributed by atoms with Crippen LogP contribution < -0.4 is 14.2 Å². The number of carbonyl (C=O) groups is 1. The molecule has 7 nitrogen and oxygen atoms in total. The molecule has 164 valence electrons. The standard InChI is InChI=1S/C24H21FN2O5/c1-13-26-9-8-22(27-13)32-19-7-5-18(25)24-17(19)4-6-20(24)31-15-2-3-16-14(10-23(28)29)12-30-21(16)11-15/h2-3,5,7-9,11,14,20H,4,6,10,12H2,1H3,(H,28,29)/t14?,20-/m1/s1. The van der Waals surface area contributed by atoms with Gasteiger partial charge >= 0.3 is 5.97 Å². The molecule has 0 radical (unpaired) electrons. The van der Waals surface area contributed by atoms with Crippen molar-refractivity contribution in [2.75, 3.05) is 6.61 Å². The molecule has 2 atom stereocenters. The molecule has 1 aliphatic heterocycles. The number of rotatable bonds is 6. The van der Waals surface area contributed by atoms with Crippen molar-refractivity contribution in [3.05, 3.63) is 70.9 Å². The second-order valence-corrected chi connectivity index (χ2v) is 7.93. The highest BCUT2D eigenvalue weighted by atomic mass is 19.1. The summed E-state index contributed by atoms with van der Waals surface area (Å²) in [5, 5.41) is 9.06. The van der Waals surface area contributed by atoms with Crippen molar-refractivity contribution < 1.29 is 28.5 Å². The number of hydrogen-bond acceptors (Lipinski definition) is 6. The molecule has 0 amide bonds. The maximum atomic E-state index is 14.8. The summed E-state index contributed by atoms with van der Waals surface area (Å²) >= 11 is 0. The molecular weight excluding hydrogens is 415 g/mol. The predicted molar refractivity (Wildman–Crippen MR) is 112 cm³/mol. The fourth-order valence-corrected chi connectivity index (χ4v) is 4.33. The summed E-state index contributed by atoms with van der Waals surface area (Å²) in [5.74, 6) is 1.34. The monoisotopic (exact) mass is 436 g/mol. The summed E-state index contributed by atoms with van der Waals surface area (Å²) in [6.07, 6.45) is 2.39. The lowest BCUT2D eigenvalue weighted by Gasteiger charge is -2.17. The topological polar surface area (TPSA) is 90.8 Å². The van der Waals surface area contributed by atoms with Crippen molar-refractivity contribution in [3.63, 3.8) is 0 Å². The third-order valence-corrected chi connectivity index (χ3v) is 5.77. The van der Waals surface area contributed by atoms with Gasteiger partial charge in [-0.2, -0.15) is 4.98 Å². The van der Waals surface area contributed by atoms with Gasteiger partial charge in [0.1, 0.15) is 35.0 Å². The molecule has 1 aliphatic carbocycles. The third kappa shape index (κ3) is 3.84. The average Bonchev–Trinajstić information content (AvgIpc) is 3.35. The molecule has 0 saturated heterocycles. The smallest absolute Gasteiger partial charge is 0.304 e. The van der Waals surface area contributed by atoms with Crippen LogP contribution in [0.4, 0.5) is 4.39 Å². The summed E-state index contributed by atoms with van der Waals surface area (Å²) in [4.78, 5) is 19.3. The van der Waals surface area contributed by atoms with Crippen molar-refractivity contribution in [1.29, 1.82) is 0 Å². The Morgan fingerprint density at radius 1 is 1.28 bits per heavy atom. The lowest BCUT2D eigenvalue weighted by atomic mass is 9.98. The highest BCUT2D eigenvalue weighted by Gasteiger charge is 2.32. The summed E-state index contributed by atoms with van der Waals surface area (Å²) in [7, 11) is 0. The van der Waals surface area contributed by atoms with E-state index in [9.17, 15) is 9.18 Å². The van der Waals surface area contributed by atoms with E-state index in [2.05, 4.69) is 9.97 Å². The van der Waals surface area contributed by atoms with Crippen LogP contribution in [0.1, 0.15) is 47.4 Å². The summed E-state index contributed by atoms with van der Waals surface area (Å²) < 4.78 is 32.5. The van der Waals surface area contributed by atoms with Crippen LogP contribution in [-0.2, 0) is 11.2 Å². The van der Waals surface area contributed by atoms with E-state index in [1.54, 1.807) is 37.4 Å². The Balaban J connectivity index is 1.38. The average molecular weight is 436 g/mol. The number of hydrogen-bond donors (Lipinski definition) is 1. The number of carboxylic acids is 1. The Morgan fingerprint density at radius 2 is 2.16 bits per heavy atom. The molecule has 1 unspecified atom stereocenters. The van der Waals surface area contributed by atoms with Crippen LogP contribution in [0, 0.1) is 12.7 Å². The number of aryl methyl sites for hydroxylation is 1. The van der Waals surface area contributed by atoms with E-state index >= 15 is 0 Å². The van der Waals surface area contributed by atoms with Gasteiger partial charge in [-0.3, -0.25) is 4.79 Å². The van der Waals surface area contributed by atoms with Crippen LogP contribution in [0.5, 0.6) is 23.1 Å². The first-order valence-electron chi connectivity index (χ1n) is 10.4. The van der Waals surface area contributed by atoms with Gasteiger partial charge in [0.2, 0.25) is 5.88 Å². The zero-order valence-electron chi connectivity index (χ0n) is 17.4.